The van der Waals surface area contributed by atoms with Gasteiger partial charge in [0, 0.05) is 17.6 Å². The molecule has 0 aliphatic heterocycles. The molecule has 0 spiro atoms. The van der Waals surface area contributed by atoms with Crippen LogP contribution >= 0.6 is 0 Å². The number of benzene rings is 2. The van der Waals surface area contributed by atoms with Crippen molar-refractivity contribution >= 4 is 16.9 Å². The highest BCUT2D eigenvalue weighted by molar-refractivity contribution is 5.94. The van der Waals surface area contributed by atoms with Crippen molar-refractivity contribution in [2.45, 2.75) is 6.92 Å². The van der Waals surface area contributed by atoms with Crippen molar-refractivity contribution < 1.29 is 28.5 Å². The van der Waals surface area contributed by atoms with Gasteiger partial charge >= 0.3 is 5.97 Å². The molecule has 146 valence electrons. The Labute approximate surface area is 162 Å². The van der Waals surface area contributed by atoms with Gasteiger partial charge < -0.3 is 23.7 Å². The molecule has 3 aromatic rings. The van der Waals surface area contributed by atoms with E-state index < -0.39 is 5.97 Å². The van der Waals surface area contributed by atoms with Gasteiger partial charge in [0.25, 0.3) is 0 Å². The van der Waals surface area contributed by atoms with Gasteiger partial charge in [0.15, 0.2) is 11.5 Å². The molecule has 3 rings (SSSR count). The molecule has 0 radical (unpaired) electrons. The van der Waals surface area contributed by atoms with Gasteiger partial charge in [-0.15, -0.1) is 0 Å². The molecule has 7 heteroatoms. The number of pyridine rings is 1. The van der Waals surface area contributed by atoms with Gasteiger partial charge in [0.2, 0.25) is 0 Å². The van der Waals surface area contributed by atoms with Crippen LogP contribution in [-0.2, 0) is 4.74 Å². The molecule has 0 amide bonds. The summed E-state index contributed by atoms with van der Waals surface area (Å²) >= 11 is 0. The number of hydrogen-bond acceptors (Lipinski definition) is 7. The van der Waals surface area contributed by atoms with E-state index in [0.717, 1.165) is 0 Å². The van der Waals surface area contributed by atoms with E-state index in [1.165, 1.54) is 7.11 Å². The van der Waals surface area contributed by atoms with Crippen LogP contribution < -0.4 is 18.9 Å². The molecular weight excluding hydrogens is 362 g/mol. The minimum absolute atomic E-state index is 0.255. The van der Waals surface area contributed by atoms with Crippen LogP contribution in [0.25, 0.3) is 10.9 Å². The van der Waals surface area contributed by atoms with Gasteiger partial charge in [-0.25, -0.2) is 4.79 Å². The van der Waals surface area contributed by atoms with Crippen LogP contribution in [0.3, 0.4) is 0 Å². The molecule has 0 aliphatic carbocycles. The first kappa shape index (κ1) is 19.3. The molecule has 0 N–H and O–H groups in total. The van der Waals surface area contributed by atoms with E-state index in [2.05, 4.69) is 4.98 Å². The Balaban J connectivity index is 2.08. The Kier molecular flexibility index (Phi) is 5.84. The standard InChI is InChI=1S/C21H21NO6/c1-5-27-21(23)15-10-13(24-2)6-7-17(15)28-18-8-9-22-16-12-20(26-4)19(25-3)11-14(16)18/h6-12H,5H2,1-4H3. The molecule has 0 saturated heterocycles. The quantitative estimate of drug-likeness (QED) is 0.565. The number of fused-ring (bicyclic) bond motifs is 1. The van der Waals surface area contributed by atoms with Crippen molar-refractivity contribution in [2.24, 2.45) is 0 Å². The second-order valence-corrected chi connectivity index (χ2v) is 5.72. The number of aromatic nitrogens is 1. The van der Waals surface area contributed by atoms with Crippen LogP contribution in [0.2, 0.25) is 0 Å². The lowest BCUT2D eigenvalue weighted by molar-refractivity contribution is 0.0523. The fourth-order valence-corrected chi connectivity index (χ4v) is 2.75. The van der Waals surface area contributed by atoms with E-state index >= 15 is 0 Å². The lowest BCUT2D eigenvalue weighted by atomic mass is 10.1. The van der Waals surface area contributed by atoms with Crippen LogP contribution in [-0.4, -0.2) is 38.9 Å². The Hall–Kier alpha value is -3.48. The van der Waals surface area contributed by atoms with Gasteiger partial charge in [-0.2, -0.15) is 0 Å². The summed E-state index contributed by atoms with van der Waals surface area (Å²) in [5, 5.41) is 0.714. The predicted octanol–water partition coefficient (Wildman–Crippen LogP) is 4.23. The number of carbonyl (C=O) groups is 1. The van der Waals surface area contributed by atoms with Crippen molar-refractivity contribution in [2.75, 3.05) is 27.9 Å². The summed E-state index contributed by atoms with van der Waals surface area (Å²) < 4.78 is 27.1. The zero-order chi connectivity index (χ0) is 20.1. The SMILES string of the molecule is CCOC(=O)c1cc(OC)ccc1Oc1ccnc2cc(OC)c(OC)cc12. The van der Waals surface area contributed by atoms with Gasteiger partial charge in [-0.3, -0.25) is 4.98 Å². The molecule has 2 aromatic carbocycles. The first-order chi connectivity index (χ1) is 13.6. The summed E-state index contributed by atoms with van der Waals surface area (Å²) in [6.45, 7) is 2.00. The van der Waals surface area contributed by atoms with E-state index in [0.29, 0.717) is 39.7 Å². The van der Waals surface area contributed by atoms with Crippen molar-refractivity contribution in [1.29, 1.82) is 0 Å². The van der Waals surface area contributed by atoms with Crippen molar-refractivity contribution in [3.8, 4) is 28.7 Å². The molecule has 0 fully saturated rings. The van der Waals surface area contributed by atoms with E-state index in [-0.39, 0.29) is 12.2 Å². The Morgan fingerprint density at radius 2 is 1.64 bits per heavy atom. The number of methoxy groups -OCH3 is 3. The molecule has 0 bridgehead atoms. The van der Waals surface area contributed by atoms with Crippen LogP contribution in [0, 0.1) is 0 Å². The first-order valence-corrected chi connectivity index (χ1v) is 8.65. The summed E-state index contributed by atoms with van der Waals surface area (Å²) in [6, 6.07) is 10.2. The van der Waals surface area contributed by atoms with Crippen LogP contribution in [0.5, 0.6) is 28.7 Å². The van der Waals surface area contributed by atoms with E-state index in [9.17, 15) is 4.79 Å². The number of carbonyl (C=O) groups excluding carboxylic acids is 1. The molecule has 0 saturated carbocycles. The lowest BCUT2D eigenvalue weighted by Crippen LogP contribution is -2.07. The summed E-state index contributed by atoms with van der Waals surface area (Å²) in [4.78, 5) is 16.7. The average Bonchev–Trinajstić information content (AvgIpc) is 2.73. The smallest absolute Gasteiger partial charge is 0.342 e. The second kappa shape index (κ2) is 8.47. The van der Waals surface area contributed by atoms with E-state index in [4.69, 9.17) is 23.7 Å². The van der Waals surface area contributed by atoms with Gasteiger partial charge in [0.05, 0.1) is 33.5 Å². The summed E-state index contributed by atoms with van der Waals surface area (Å²) in [7, 11) is 4.65. The van der Waals surface area contributed by atoms with E-state index in [1.54, 1.807) is 63.7 Å². The number of rotatable bonds is 7. The zero-order valence-electron chi connectivity index (χ0n) is 16.1. The molecule has 0 unspecified atom stereocenters. The lowest BCUT2D eigenvalue weighted by Gasteiger charge is -2.14. The molecule has 28 heavy (non-hydrogen) atoms. The number of nitrogens with zero attached hydrogens (tertiary/aromatic N) is 1. The Bertz CT molecular complexity index is 1000. The third-order valence-corrected chi connectivity index (χ3v) is 4.11. The molecule has 7 nitrogen and oxygen atoms in total. The highest BCUT2D eigenvalue weighted by atomic mass is 16.5. The predicted molar refractivity (Wildman–Crippen MR) is 104 cm³/mol. The average molecular weight is 383 g/mol. The maximum Gasteiger partial charge on any atom is 0.342 e. The minimum Gasteiger partial charge on any atom is -0.497 e. The molecule has 0 aliphatic rings. The van der Waals surface area contributed by atoms with Crippen molar-refractivity contribution in [3.63, 3.8) is 0 Å². The summed E-state index contributed by atoms with van der Waals surface area (Å²) in [6.07, 6.45) is 1.62. The Morgan fingerprint density at radius 1 is 0.893 bits per heavy atom. The first-order valence-electron chi connectivity index (χ1n) is 8.65. The second-order valence-electron chi connectivity index (χ2n) is 5.72. The maximum absolute atomic E-state index is 12.4. The maximum atomic E-state index is 12.4. The van der Waals surface area contributed by atoms with E-state index in [1.807, 2.05) is 0 Å². The highest BCUT2D eigenvalue weighted by Crippen LogP contribution is 2.38. The highest BCUT2D eigenvalue weighted by Gasteiger charge is 2.18. The number of ether oxygens (including phenoxy) is 5. The summed E-state index contributed by atoms with van der Waals surface area (Å²) in [5.74, 6) is 2.02. The molecule has 0 atom stereocenters. The van der Waals surface area contributed by atoms with Crippen LogP contribution in [0.4, 0.5) is 0 Å². The van der Waals surface area contributed by atoms with Crippen molar-refractivity contribution in [1.82, 2.24) is 4.98 Å². The normalized spacial score (nSPS) is 10.4. The zero-order valence-corrected chi connectivity index (χ0v) is 16.1. The van der Waals surface area contributed by atoms with Gasteiger partial charge in [-0.1, -0.05) is 0 Å². The van der Waals surface area contributed by atoms with Crippen LogP contribution in [0.1, 0.15) is 17.3 Å². The largest absolute Gasteiger partial charge is 0.497 e. The fraction of sp³-hybridized carbons (Fsp3) is 0.238. The van der Waals surface area contributed by atoms with Crippen molar-refractivity contribution in [3.05, 3.63) is 48.2 Å². The molecule has 1 heterocycles. The third-order valence-electron chi connectivity index (χ3n) is 4.11. The van der Waals surface area contributed by atoms with Gasteiger partial charge in [0.1, 0.15) is 22.8 Å². The molecular formula is C21H21NO6. The minimum atomic E-state index is -0.492. The monoisotopic (exact) mass is 383 g/mol. The summed E-state index contributed by atoms with van der Waals surface area (Å²) in [5.41, 5.74) is 0.938. The van der Waals surface area contributed by atoms with Gasteiger partial charge in [-0.05, 0) is 37.3 Å². The topological polar surface area (TPSA) is 76.1 Å². The molecule has 1 aromatic heterocycles. The third kappa shape index (κ3) is 3.78. The fourth-order valence-electron chi connectivity index (χ4n) is 2.75. The Morgan fingerprint density at radius 3 is 2.32 bits per heavy atom. The number of hydrogen-bond donors (Lipinski definition) is 0. The number of esters is 1. The van der Waals surface area contributed by atoms with Crippen LogP contribution in [0.15, 0.2) is 42.6 Å².